The van der Waals surface area contributed by atoms with Crippen LogP contribution in [0.25, 0.3) is 0 Å². The lowest BCUT2D eigenvalue weighted by Crippen LogP contribution is -2.28. The molecule has 0 aromatic carbocycles. The molecule has 3 N–H and O–H groups in total. The van der Waals surface area contributed by atoms with Crippen molar-refractivity contribution in [2.24, 2.45) is 12.8 Å². The molecule has 0 amide bonds. The SMILES string of the molecule is Cl.Cn1ccnc1C[C@@H](N)CO. The zero-order valence-corrected chi connectivity index (χ0v) is 7.79. The van der Waals surface area contributed by atoms with E-state index in [-0.39, 0.29) is 25.1 Å². The van der Waals surface area contributed by atoms with Crippen LogP contribution in [0.5, 0.6) is 0 Å². The van der Waals surface area contributed by atoms with Gasteiger partial charge in [0.1, 0.15) is 5.82 Å². The average Bonchev–Trinajstić information content (AvgIpc) is 2.37. The molecule has 0 unspecified atom stereocenters. The molecule has 0 saturated heterocycles. The molecule has 0 radical (unpaired) electrons. The number of halogens is 1. The third kappa shape index (κ3) is 2.81. The van der Waals surface area contributed by atoms with Crippen molar-refractivity contribution in [1.82, 2.24) is 9.55 Å². The number of rotatable bonds is 3. The highest BCUT2D eigenvalue weighted by molar-refractivity contribution is 5.85. The maximum absolute atomic E-state index is 8.66. The highest BCUT2D eigenvalue weighted by Crippen LogP contribution is 1.97. The number of hydrogen-bond acceptors (Lipinski definition) is 3. The second kappa shape index (κ2) is 5.13. The Bertz CT molecular complexity index is 226. The summed E-state index contributed by atoms with van der Waals surface area (Å²) in [5, 5.41) is 8.66. The molecule has 0 aliphatic carbocycles. The van der Waals surface area contributed by atoms with E-state index in [1.807, 2.05) is 17.8 Å². The lowest BCUT2D eigenvalue weighted by molar-refractivity contribution is 0.263. The number of hydrogen-bond donors (Lipinski definition) is 2. The molecule has 12 heavy (non-hydrogen) atoms. The highest BCUT2D eigenvalue weighted by Gasteiger charge is 2.05. The van der Waals surface area contributed by atoms with E-state index in [9.17, 15) is 0 Å². The number of imidazole rings is 1. The van der Waals surface area contributed by atoms with Crippen LogP contribution < -0.4 is 5.73 Å². The summed E-state index contributed by atoms with van der Waals surface area (Å²) in [5.41, 5.74) is 5.53. The Morgan fingerprint density at radius 2 is 2.42 bits per heavy atom. The van der Waals surface area contributed by atoms with Crippen molar-refractivity contribution < 1.29 is 5.11 Å². The highest BCUT2D eigenvalue weighted by atomic mass is 35.5. The zero-order valence-electron chi connectivity index (χ0n) is 6.97. The van der Waals surface area contributed by atoms with Crippen LogP contribution in [-0.4, -0.2) is 27.3 Å². The van der Waals surface area contributed by atoms with E-state index in [0.29, 0.717) is 6.42 Å². The minimum absolute atomic E-state index is 0. The van der Waals surface area contributed by atoms with Gasteiger partial charge in [0.25, 0.3) is 0 Å². The predicted octanol–water partition coefficient (Wildman–Crippen LogP) is -0.296. The van der Waals surface area contributed by atoms with Gasteiger partial charge in [-0.1, -0.05) is 0 Å². The Morgan fingerprint density at radius 3 is 2.83 bits per heavy atom. The van der Waals surface area contributed by atoms with Crippen LogP contribution in [0.2, 0.25) is 0 Å². The van der Waals surface area contributed by atoms with Crippen molar-refractivity contribution in [3.05, 3.63) is 18.2 Å². The number of aryl methyl sites for hydroxylation is 1. The number of nitrogens with zero attached hydrogens (tertiary/aromatic N) is 2. The summed E-state index contributed by atoms with van der Waals surface area (Å²) in [6, 6.07) is -0.198. The summed E-state index contributed by atoms with van der Waals surface area (Å²) in [6.45, 7) is 0.00681. The summed E-state index contributed by atoms with van der Waals surface area (Å²) in [5.74, 6) is 0.909. The Hall–Kier alpha value is -0.580. The summed E-state index contributed by atoms with van der Waals surface area (Å²) < 4.78 is 1.90. The van der Waals surface area contributed by atoms with E-state index in [1.165, 1.54) is 0 Å². The Kier molecular flexibility index (Phi) is 4.89. The normalized spacial score (nSPS) is 12.2. The molecule has 0 aliphatic rings. The first-order valence-corrected chi connectivity index (χ1v) is 3.56. The first-order chi connectivity index (χ1) is 5.24. The van der Waals surface area contributed by atoms with Gasteiger partial charge in [0.05, 0.1) is 6.61 Å². The molecule has 1 aromatic heterocycles. The Labute approximate surface area is 77.8 Å². The fraction of sp³-hybridized carbons (Fsp3) is 0.571. The van der Waals surface area contributed by atoms with E-state index < -0.39 is 0 Å². The first kappa shape index (κ1) is 11.4. The van der Waals surface area contributed by atoms with Crippen molar-refractivity contribution in [2.75, 3.05) is 6.61 Å². The van der Waals surface area contributed by atoms with Crippen LogP contribution in [0, 0.1) is 0 Å². The fourth-order valence-corrected chi connectivity index (χ4v) is 0.892. The summed E-state index contributed by atoms with van der Waals surface area (Å²) in [6.07, 6.45) is 4.21. The Morgan fingerprint density at radius 1 is 1.75 bits per heavy atom. The van der Waals surface area contributed by atoms with Crippen LogP contribution in [0.3, 0.4) is 0 Å². The molecule has 0 fully saturated rings. The van der Waals surface area contributed by atoms with Crippen molar-refractivity contribution in [2.45, 2.75) is 12.5 Å². The van der Waals surface area contributed by atoms with Gasteiger partial charge < -0.3 is 15.4 Å². The molecule has 1 rings (SSSR count). The van der Waals surface area contributed by atoms with Crippen LogP contribution >= 0.6 is 12.4 Å². The van der Waals surface area contributed by atoms with Gasteiger partial charge in [0.15, 0.2) is 0 Å². The van der Waals surface area contributed by atoms with Crippen LogP contribution in [0.15, 0.2) is 12.4 Å². The van der Waals surface area contributed by atoms with Gasteiger partial charge in [-0.3, -0.25) is 0 Å². The number of aliphatic hydroxyl groups is 1. The standard InChI is InChI=1S/C7H13N3O.ClH/c1-10-3-2-9-7(10)4-6(8)5-11;/h2-3,6,11H,4-5,8H2,1H3;1H/t6-;/m1./s1. The van der Waals surface area contributed by atoms with Crippen LogP contribution in [-0.2, 0) is 13.5 Å². The monoisotopic (exact) mass is 191 g/mol. The molecule has 0 aliphatic heterocycles. The number of nitrogens with two attached hydrogens (primary N) is 1. The molecular formula is C7H14ClN3O. The van der Waals surface area contributed by atoms with Gasteiger partial charge >= 0.3 is 0 Å². The van der Waals surface area contributed by atoms with Crippen molar-refractivity contribution >= 4 is 12.4 Å². The maximum atomic E-state index is 8.66. The second-order valence-corrected chi connectivity index (χ2v) is 2.60. The minimum atomic E-state index is -0.198. The molecule has 1 atom stereocenters. The minimum Gasteiger partial charge on any atom is -0.395 e. The lowest BCUT2D eigenvalue weighted by Gasteiger charge is -2.06. The third-order valence-electron chi connectivity index (χ3n) is 1.60. The molecule has 0 saturated carbocycles. The van der Waals surface area contributed by atoms with E-state index in [4.69, 9.17) is 10.8 Å². The van der Waals surface area contributed by atoms with E-state index >= 15 is 0 Å². The van der Waals surface area contributed by atoms with Gasteiger partial charge in [0, 0.05) is 31.9 Å². The van der Waals surface area contributed by atoms with Crippen LogP contribution in [0.4, 0.5) is 0 Å². The van der Waals surface area contributed by atoms with Gasteiger partial charge in [0.2, 0.25) is 0 Å². The topological polar surface area (TPSA) is 64.1 Å². The predicted molar refractivity (Wildman–Crippen MR) is 49.2 cm³/mol. The largest absolute Gasteiger partial charge is 0.395 e. The lowest BCUT2D eigenvalue weighted by atomic mass is 10.2. The molecule has 70 valence electrons. The molecule has 0 spiro atoms. The van der Waals surface area contributed by atoms with E-state index in [0.717, 1.165) is 5.82 Å². The third-order valence-corrected chi connectivity index (χ3v) is 1.60. The summed E-state index contributed by atoms with van der Waals surface area (Å²) >= 11 is 0. The quantitative estimate of drug-likeness (QED) is 0.690. The van der Waals surface area contributed by atoms with Gasteiger partial charge in [-0.25, -0.2) is 4.98 Å². The van der Waals surface area contributed by atoms with Crippen LogP contribution in [0.1, 0.15) is 5.82 Å². The van der Waals surface area contributed by atoms with E-state index in [2.05, 4.69) is 4.98 Å². The van der Waals surface area contributed by atoms with Gasteiger partial charge in [-0.05, 0) is 0 Å². The van der Waals surface area contributed by atoms with Crippen molar-refractivity contribution in [3.63, 3.8) is 0 Å². The van der Waals surface area contributed by atoms with E-state index in [1.54, 1.807) is 6.20 Å². The first-order valence-electron chi connectivity index (χ1n) is 3.56. The molecule has 4 nitrogen and oxygen atoms in total. The van der Waals surface area contributed by atoms with Gasteiger partial charge in [-0.2, -0.15) is 0 Å². The smallest absolute Gasteiger partial charge is 0.110 e. The second-order valence-electron chi connectivity index (χ2n) is 2.60. The van der Waals surface area contributed by atoms with Gasteiger partial charge in [-0.15, -0.1) is 12.4 Å². The molecule has 1 heterocycles. The maximum Gasteiger partial charge on any atom is 0.110 e. The molecule has 5 heteroatoms. The molecule has 0 bridgehead atoms. The zero-order chi connectivity index (χ0) is 8.27. The Balaban J connectivity index is 0.00000121. The molecule has 1 aromatic rings. The fourth-order valence-electron chi connectivity index (χ4n) is 0.892. The molecular weight excluding hydrogens is 178 g/mol. The summed E-state index contributed by atoms with van der Waals surface area (Å²) in [7, 11) is 1.91. The number of aliphatic hydroxyl groups excluding tert-OH is 1. The van der Waals surface area contributed by atoms with Crippen molar-refractivity contribution in [1.29, 1.82) is 0 Å². The number of aromatic nitrogens is 2. The summed E-state index contributed by atoms with van der Waals surface area (Å²) in [4.78, 5) is 4.08. The van der Waals surface area contributed by atoms with Crippen molar-refractivity contribution in [3.8, 4) is 0 Å². The average molecular weight is 192 g/mol.